The predicted molar refractivity (Wildman–Crippen MR) is 113 cm³/mol. The number of carbonyl (C=O) groups is 1. The molecule has 5 N–H and O–H groups in total. The van der Waals surface area contributed by atoms with Crippen LogP contribution in [0.25, 0.3) is 5.57 Å². The molecule has 0 spiro atoms. The highest BCUT2D eigenvalue weighted by atomic mass is 35.5. The second-order valence-electron chi connectivity index (χ2n) is 6.15. The smallest absolute Gasteiger partial charge is 0.255 e. The van der Waals surface area contributed by atoms with Crippen LogP contribution in [0.5, 0.6) is 0 Å². The van der Waals surface area contributed by atoms with Gasteiger partial charge in [-0.25, -0.2) is 4.98 Å². The first-order chi connectivity index (χ1) is 13.4. The number of benzene rings is 1. The van der Waals surface area contributed by atoms with Gasteiger partial charge in [0.15, 0.2) is 0 Å². The molecule has 1 heterocycles. The lowest BCUT2D eigenvalue weighted by molar-refractivity contribution is 0.0509. The molecule has 1 unspecified atom stereocenters. The van der Waals surface area contributed by atoms with Crippen molar-refractivity contribution in [1.82, 2.24) is 15.6 Å². The first-order valence-corrected chi connectivity index (χ1v) is 9.10. The number of rotatable bonds is 9. The van der Waals surface area contributed by atoms with Crippen LogP contribution in [0.1, 0.15) is 28.4 Å². The Kier molecular flexibility index (Phi) is 7.98. The second kappa shape index (κ2) is 10.4. The number of nitrogen functional groups attached to an aromatic ring is 1. The zero-order chi connectivity index (χ0) is 20.5. The lowest BCUT2D eigenvalue weighted by Crippen LogP contribution is -2.32. The highest BCUT2D eigenvalue weighted by Crippen LogP contribution is 2.17. The van der Waals surface area contributed by atoms with Gasteiger partial charge in [-0.05, 0) is 30.7 Å². The van der Waals surface area contributed by atoms with Gasteiger partial charge >= 0.3 is 0 Å². The minimum atomic E-state index is -0.345. The van der Waals surface area contributed by atoms with E-state index in [1.165, 1.54) is 12.4 Å². The average molecular weight is 402 g/mol. The summed E-state index contributed by atoms with van der Waals surface area (Å²) < 4.78 is 5.74. The monoisotopic (exact) mass is 401 g/mol. The van der Waals surface area contributed by atoms with E-state index in [2.05, 4.69) is 15.6 Å². The molecule has 0 aliphatic rings. The van der Waals surface area contributed by atoms with Crippen molar-refractivity contribution in [2.45, 2.75) is 19.6 Å². The molecule has 28 heavy (non-hydrogen) atoms. The van der Waals surface area contributed by atoms with E-state index in [4.69, 9.17) is 27.5 Å². The van der Waals surface area contributed by atoms with Crippen molar-refractivity contribution in [3.63, 3.8) is 0 Å². The largest absolute Gasteiger partial charge is 0.393 e. The number of ether oxygens (including phenoxy) is 1. The van der Waals surface area contributed by atoms with Gasteiger partial charge < -0.3 is 26.5 Å². The fraction of sp³-hybridized carbons (Fsp3) is 0.250. The molecule has 0 aliphatic carbocycles. The maximum absolute atomic E-state index is 12.5. The molecule has 1 amide bonds. The zero-order valence-corrected chi connectivity index (χ0v) is 16.6. The molecule has 1 aromatic carbocycles. The summed E-state index contributed by atoms with van der Waals surface area (Å²) in [6.45, 7) is 2.61. The Balaban J connectivity index is 1.95. The van der Waals surface area contributed by atoms with Crippen molar-refractivity contribution in [1.29, 1.82) is 5.41 Å². The molecule has 0 radical (unpaired) electrons. The number of amides is 1. The number of carbonyl (C=O) groups excluding carboxylic acids is 1. The molecule has 2 aromatic rings. The summed E-state index contributed by atoms with van der Waals surface area (Å²) in [5, 5.41) is 13.8. The van der Waals surface area contributed by atoms with Crippen LogP contribution < -0.4 is 16.4 Å². The minimum absolute atomic E-state index is 0.129. The molecule has 148 valence electrons. The third-order valence-electron chi connectivity index (χ3n) is 3.95. The Hall–Kier alpha value is -2.90. The molecule has 7 nitrogen and oxygen atoms in total. The molecular formula is C20H24ClN5O2. The van der Waals surface area contributed by atoms with Crippen molar-refractivity contribution < 1.29 is 9.53 Å². The topological polar surface area (TPSA) is 113 Å². The Morgan fingerprint density at radius 2 is 2.11 bits per heavy atom. The summed E-state index contributed by atoms with van der Waals surface area (Å²) in [6.07, 6.45) is 4.16. The summed E-state index contributed by atoms with van der Waals surface area (Å²) in [4.78, 5) is 16.6. The van der Waals surface area contributed by atoms with E-state index in [1.54, 1.807) is 31.4 Å². The number of halogens is 1. The Labute approximate surface area is 169 Å². The van der Waals surface area contributed by atoms with E-state index in [0.29, 0.717) is 29.3 Å². The fourth-order valence-corrected chi connectivity index (χ4v) is 2.51. The van der Waals surface area contributed by atoms with E-state index >= 15 is 0 Å². The second-order valence-corrected chi connectivity index (χ2v) is 6.58. The summed E-state index contributed by atoms with van der Waals surface area (Å²) >= 11 is 5.86. The van der Waals surface area contributed by atoms with E-state index < -0.39 is 0 Å². The molecule has 0 saturated heterocycles. The van der Waals surface area contributed by atoms with Crippen molar-refractivity contribution in [2.75, 3.05) is 19.3 Å². The summed E-state index contributed by atoms with van der Waals surface area (Å²) in [5.41, 5.74) is 8.32. The zero-order valence-electron chi connectivity index (χ0n) is 15.8. The molecule has 1 atom stereocenters. The van der Waals surface area contributed by atoms with Crippen LogP contribution in [0.3, 0.4) is 0 Å². The van der Waals surface area contributed by atoms with Gasteiger partial charge in [0.05, 0.1) is 18.3 Å². The molecule has 0 saturated carbocycles. The molecule has 2 rings (SSSR count). The summed E-state index contributed by atoms with van der Waals surface area (Å²) in [7, 11) is 1.73. The van der Waals surface area contributed by atoms with Crippen LogP contribution in [0.15, 0.2) is 42.7 Å². The van der Waals surface area contributed by atoms with E-state index in [-0.39, 0.29) is 23.4 Å². The van der Waals surface area contributed by atoms with Crippen molar-refractivity contribution in [3.8, 4) is 0 Å². The fourth-order valence-electron chi connectivity index (χ4n) is 2.39. The standard InChI is InChI=1S/C20H24ClN5O2/c1-13(28-12-14-3-5-17(21)6-4-14)9-26-20(27)18-7-15(11-25-19(18)23)16(8-22)10-24-2/h3-8,10-11,13,22,24H,9,12H2,1-2H3,(H2,23,25)(H,26,27)/b16-10+,22-8?. The van der Waals surface area contributed by atoms with Gasteiger partial charge in [-0.15, -0.1) is 0 Å². The molecule has 1 aromatic heterocycles. The van der Waals surface area contributed by atoms with E-state index in [1.807, 2.05) is 19.1 Å². The third kappa shape index (κ3) is 6.07. The number of nitrogens with zero attached hydrogens (tertiary/aromatic N) is 1. The van der Waals surface area contributed by atoms with Crippen molar-refractivity contribution in [2.24, 2.45) is 0 Å². The number of pyridine rings is 1. The molecule has 0 bridgehead atoms. The molecular weight excluding hydrogens is 378 g/mol. The number of nitrogens with two attached hydrogens (primary N) is 1. The predicted octanol–water partition coefficient (Wildman–Crippen LogP) is 2.86. The SMILES string of the molecule is CN/C=C(\C=N)c1cnc(N)c(C(=O)NCC(C)OCc2ccc(Cl)cc2)c1. The van der Waals surface area contributed by atoms with Gasteiger partial charge in [0.2, 0.25) is 0 Å². The summed E-state index contributed by atoms with van der Waals surface area (Å²) in [6, 6.07) is 9.02. The maximum atomic E-state index is 12.5. The van der Waals surface area contributed by atoms with Gasteiger partial charge in [0.1, 0.15) is 5.82 Å². The van der Waals surface area contributed by atoms with Crippen LogP contribution >= 0.6 is 11.6 Å². The average Bonchev–Trinajstić information content (AvgIpc) is 2.70. The van der Waals surface area contributed by atoms with Crippen LogP contribution in [0, 0.1) is 5.41 Å². The Morgan fingerprint density at radius 1 is 1.39 bits per heavy atom. The lowest BCUT2D eigenvalue weighted by Gasteiger charge is -2.15. The van der Waals surface area contributed by atoms with Crippen molar-refractivity contribution in [3.05, 3.63) is 64.4 Å². The highest BCUT2D eigenvalue weighted by molar-refractivity contribution is 6.30. The third-order valence-corrected chi connectivity index (χ3v) is 4.20. The van der Waals surface area contributed by atoms with Gasteiger partial charge in [-0.2, -0.15) is 0 Å². The minimum Gasteiger partial charge on any atom is -0.393 e. The van der Waals surface area contributed by atoms with Gasteiger partial charge in [-0.1, -0.05) is 23.7 Å². The van der Waals surface area contributed by atoms with E-state index in [9.17, 15) is 4.79 Å². The molecule has 0 aliphatic heterocycles. The van der Waals surface area contributed by atoms with Gasteiger partial charge in [-0.3, -0.25) is 4.79 Å². The number of allylic oxidation sites excluding steroid dienone is 1. The first-order valence-electron chi connectivity index (χ1n) is 8.72. The molecule has 0 fully saturated rings. The van der Waals surface area contributed by atoms with E-state index in [0.717, 1.165) is 5.56 Å². The lowest BCUT2D eigenvalue weighted by atomic mass is 10.1. The number of hydrogen-bond donors (Lipinski definition) is 4. The summed E-state index contributed by atoms with van der Waals surface area (Å²) in [5.74, 6) is -0.215. The quantitative estimate of drug-likeness (QED) is 0.482. The number of anilines is 1. The van der Waals surface area contributed by atoms with Gasteiger partial charge in [0.25, 0.3) is 5.91 Å². The Morgan fingerprint density at radius 3 is 2.75 bits per heavy atom. The normalized spacial score (nSPS) is 12.3. The maximum Gasteiger partial charge on any atom is 0.255 e. The van der Waals surface area contributed by atoms with Crippen molar-refractivity contribution >= 4 is 35.1 Å². The van der Waals surface area contributed by atoms with Crippen LogP contribution in [-0.2, 0) is 11.3 Å². The van der Waals surface area contributed by atoms with Crippen LogP contribution in [0.4, 0.5) is 5.82 Å². The number of aromatic nitrogens is 1. The molecule has 8 heteroatoms. The van der Waals surface area contributed by atoms with Crippen LogP contribution in [0.2, 0.25) is 5.02 Å². The number of hydrogen-bond acceptors (Lipinski definition) is 6. The van der Waals surface area contributed by atoms with Crippen LogP contribution in [-0.4, -0.2) is 36.8 Å². The van der Waals surface area contributed by atoms with Gasteiger partial charge in [0, 0.05) is 48.4 Å². The first kappa shape index (κ1) is 21.4. The Bertz CT molecular complexity index is 852. The number of nitrogens with one attached hydrogen (secondary N) is 3. The highest BCUT2D eigenvalue weighted by Gasteiger charge is 2.14.